The molecule has 0 saturated heterocycles. The fourth-order valence-corrected chi connectivity index (χ4v) is 2.53. The van der Waals surface area contributed by atoms with Crippen molar-refractivity contribution in [2.45, 2.75) is 46.1 Å². The first-order valence-electron chi connectivity index (χ1n) is 7.24. The SMILES string of the molecule is CC(C)CCNC(C)Cc1ccc2c(c1)CCN2. The van der Waals surface area contributed by atoms with Gasteiger partial charge in [-0.3, -0.25) is 0 Å². The molecule has 1 unspecified atom stereocenters. The molecule has 2 nitrogen and oxygen atoms in total. The molecule has 100 valence electrons. The minimum Gasteiger partial charge on any atom is -0.384 e. The molecule has 1 atom stereocenters. The van der Waals surface area contributed by atoms with Crippen LogP contribution in [0.15, 0.2) is 18.2 Å². The van der Waals surface area contributed by atoms with E-state index in [1.54, 1.807) is 0 Å². The number of hydrogen-bond donors (Lipinski definition) is 2. The zero-order valence-corrected chi connectivity index (χ0v) is 11.9. The molecule has 0 fully saturated rings. The maximum Gasteiger partial charge on any atom is 0.0373 e. The van der Waals surface area contributed by atoms with Crippen LogP contribution in [0.2, 0.25) is 0 Å². The van der Waals surface area contributed by atoms with Crippen molar-refractivity contribution >= 4 is 5.69 Å². The second-order valence-electron chi connectivity index (χ2n) is 5.91. The van der Waals surface area contributed by atoms with Gasteiger partial charge >= 0.3 is 0 Å². The average Bonchev–Trinajstić information content (AvgIpc) is 2.75. The van der Waals surface area contributed by atoms with Crippen molar-refractivity contribution < 1.29 is 0 Å². The Morgan fingerprint density at radius 2 is 2.11 bits per heavy atom. The molecule has 1 aliphatic rings. The van der Waals surface area contributed by atoms with E-state index in [1.807, 2.05) is 0 Å². The largest absolute Gasteiger partial charge is 0.384 e. The molecule has 0 bridgehead atoms. The van der Waals surface area contributed by atoms with E-state index in [4.69, 9.17) is 0 Å². The van der Waals surface area contributed by atoms with Gasteiger partial charge in [-0.1, -0.05) is 26.0 Å². The van der Waals surface area contributed by atoms with Gasteiger partial charge in [0.05, 0.1) is 0 Å². The van der Waals surface area contributed by atoms with Gasteiger partial charge in [-0.15, -0.1) is 0 Å². The standard InChI is InChI=1S/C16H26N2/c1-12(2)6-8-17-13(3)10-14-4-5-16-15(11-14)7-9-18-16/h4-5,11-13,17-18H,6-10H2,1-3H3. The molecule has 18 heavy (non-hydrogen) atoms. The lowest BCUT2D eigenvalue weighted by atomic mass is 10.0. The first-order valence-corrected chi connectivity index (χ1v) is 7.24. The third kappa shape index (κ3) is 3.74. The van der Waals surface area contributed by atoms with Gasteiger partial charge in [-0.25, -0.2) is 0 Å². The van der Waals surface area contributed by atoms with Crippen LogP contribution >= 0.6 is 0 Å². The fraction of sp³-hybridized carbons (Fsp3) is 0.625. The number of fused-ring (bicyclic) bond motifs is 1. The summed E-state index contributed by atoms with van der Waals surface area (Å²) in [5, 5.41) is 7.03. The number of benzene rings is 1. The van der Waals surface area contributed by atoms with Gasteiger partial charge in [-0.2, -0.15) is 0 Å². The van der Waals surface area contributed by atoms with Gasteiger partial charge in [0.2, 0.25) is 0 Å². The highest BCUT2D eigenvalue weighted by atomic mass is 14.9. The molecule has 0 aromatic heterocycles. The van der Waals surface area contributed by atoms with Crippen LogP contribution in [-0.2, 0) is 12.8 Å². The normalized spacial score (nSPS) is 15.6. The van der Waals surface area contributed by atoms with Crippen LogP contribution in [-0.4, -0.2) is 19.1 Å². The van der Waals surface area contributed by atoms with E-state index in [-0.39, 0.29) is 0 Å². The Morgan fingerprint density at radius 3 is 2.89 bits per heavy atom. The minimum absolute atomic E-state index is 0.566. The molecule has 2 heteroatoms. The molecule has 1 aromatic carbocycles. The monoisotopic (exact) mass is 246 g/mol. The molecule has 1 heterocycles. The third-order valence-electron chi connectivity index (χ3n) is 3.64. The quantitative estimate of drug-likeness (QED) is 0.805. The zero-order valence-electron chi connectivity index (χ0n) is 11.9. The Morgan fingerprint density at radius 1 is 1.28 bits per heavy atom. The Balaban J connectivity index is 1.82. The maximum absolute atomic E-state index is 3.61. The lowest BCUT2D eigenvalue weighted by Crippen LogP contribution is -2.29. The van der Waals surface area contributed by atoms with E-state index in [9.17, 15) is 0 Å². The molecule has 1 aliphatic heterocycles. The highest BCUT2D eigenvalue weighted by Gasteiger charge is 2.11. The predicted octanol–water partition coefficient (Wildman–Crippen LogP) is 3.22. The van der Waals surface area contributed by atoms with Crippen molar-refractivity contribution in [1.82, 2.24) is 5.32 Å². The number of anilines is 1. The smallest absolute Gasteiger partial charge is 0.0373 e. The summed E-state index contributed by atoms with van der Waals surface area (Å²) in [6.45, 7) is 9.07. The Bertz CT molecular complexity index is 385. The van der Waals surface area contributed by atoms with Crippen LogP contribution in [0.5, 0.6) is 0 Å². The molecular formula is C16H26N2. The summed E-state index contributed by atoms with van der Waals surface area (Å²) < 4.78 is 0. The minimum atomic E-state index is 0.566. The molecule has 0 radical (unpaired) electrons. The average molecular weight is 246 g/mol. The van der Waals surface area contributed by atoms with E-state index in [0.717, 1.165) is 25.4 Å². The first kappa shape index (κ1) is 13.4. The lowest BCUT2D eigenvalue weighted by Gasteiger charge is -2.15. The number of rotatable bonds is 6. The molecule has 0 aliphatic carbocycles. The second kappa shape index (κ2) is 6.24. The van der Waals surface area contributed by atoms with Gasteiger partial charge in [0.1, 0.15) is 0 Å². The molecular weight excluding hydrogens is 220 g/mol. The van der Waals surface area contributed by atoms with E-state index >= 15 is 0 Å². The number of nitrogens with one attached hydrogen (secondary N) is 2. The summed E-state index contributed by atoms with van der Waals surface area (Å²) in [6, 6.07) is 7.43. The van der Waals surface area contributed by atoms with E-state index in [2.05, 4.69) is 49.6 Å². The van der Waals surface area contributed by atoms with Gasteiger partial charge in [0.25, 0.3) is 0 Å². The van der Waals surface area contributed by atoms with Crippen molar-refractivity contribution in [1.29, 1.82) is 0 Å². The summed E-state index contributed by atoms with van der Waals surface area (Å²) in [5.74, 6) is 0.788. The molecule has 0 spiro atoms. The molecule has 2 N–H and O–H groups in total. The van der Waals surface area contributed by atoms with Gasteiger partial charge in [0.15, 0.2) is 0 Å². The van der Waals surface area contributed by atoms with E-state index in [1.165, 1.54) is 29.7 Å². The molecule has 2 rings (SSSR count). The maximum atomic E-state index is 3.61. The summed E-state index contributed by atoms with van der Waals surface area (Å²) in [7, 11) is 0. The van der Waals surface area contributed by atoms with Gasteiger partial charge in [-0.05, 0) is 55.8 Å². The summed E-state index contributed by atoms with van der Waals surface area (Å²) in [4.78, 5) is 0. The Hall–Kier alpha value is -1.02. The van der Waals surface area contributed by atoms with Gasteiger partial charge < -0.3 is 10.6 Å². The summed E-state index contributed by atoms with van der Waals surface area (Å²) in [6.07, 6.45) is 3.57. The topological polar surface area (TPSA) is 24.1 Å². The summed E-state index contributed by atoms with van der Waals surface area (Å²) >= 11 is 0. The van der Waals surface area contributed by atoms with Crippen LogP contribution in [0.1, 0.15) is 38.3 Å². The highest BCUT2D eigenvalue weighted by molar-refractivity contribution is 5.56. The molecule has 1 aromatic rings. The van der Waals surface area contributed by atoms with Crippen LogP contribution < -0.4 is 10.6 Å². The summed E-state index contributed by atoms with van der Waals surface area (Å²) in [5.41, 5.74) is 4.28. The van der Waals surface area contributed by atoms with Crippen molar-refractivity contribution in [3.05, 3.63) is 29.3 Å². The lowest BCUT2D eigenvalue weighted by molar-refractivity contribution is 0.485. The van der Waals surface area contributed by atoms with Crippen LogP contribution in [0.3, 0.4) is 0 Å². The van der Waals surface area contributed by atoms with E-state index < -0.39 is 0 Å². The van der Waals surface area contributed by atoms with E-state index in [0.29, 0.717) is 6.04 Å². The zero-order chi connectivity index (χ0) is 13.0. The molecule has 0 amide bonds. The fourth-order valence-electron chi connectivity index (χ4n) is 2.53. The highest BCUT2D eigenvalue weighted by Crippen LogP contribution is 2.23. The predicted molar refractivity (Wildman–Crippen MR) is 79.3 cm³/mol. The Kier molecular flexibility index (Phi) is 4.65. The third-order valence-corrected chi connectivity index (χ3v) is 3.64. The van der Waals surface area contributed by atoms with Crippen molar-refractivity contribution in [2.75, 3.05) is 18.4 Å². The number of hydrogen-bond acceptors (Lipinski definition) is 2. The van der Waals surface area contributed by atoms with Crippen LogP contribution in [0.4, 0.5) is 5.69 Å². The van der Waals surface area contributed by atoms with Crippen molar-refractivity contribution in [3.63, 3.8) is 0 Å². The van der Waals surface area contributed by atoms with Crippen molar-refractivity contribution in [2.24, 2.45) is 5.92 Å². The van der Waals surface area contributed by atoms with Gasteiger partial charge in [0, 0.05) is 18.3 Å². The van der Waals surface area contributed by atoms with Crippen LogP contribution in [0, 0.1) is 5.92 Å². The van der Waals surface area contributed by atoms with Crippen molar-refractivity contribution in [3.8, 4) is 0 Å². The Labute approximate surface area is 111 Å². The molecule has 0 saturated carbocycles. The first-order chi connectivity index (χ1) is 8.65. The van der Waals surface area contributed by atoms with Crippen LogP contribution in [0.25, 0.3) is 0 Å². The second-order valence-corrected chi connectivity index (χ2v) is 5.91.